The molecule has 1 atom stereocenters. The van der Waals surface area contributed by atoms with E-state index >= 15 is 0 Å². The first-order valence-corrected chi connectivity index (χ1v) is 15.4. The third-order valence-electron chi connectivity index (χ3n) is 6.91. The van der Waals surface area contributed by atoms with Crippen LogP contribution in [0.4, 0.5) is 13.2 Å². The number of fused-ring (bicyclic) bond motifs is 1. The van der Waals surface area contributed by atoms with Crippen LogP contribution in [0.5, 0.6) is 0 Å². The van der Waals surface area contributed by atoms with Crippen molar-refractivity contribution in [2.24, 2.45) is 5.41 Å². The Hall–Kier alpha value is -3.40. The molecule has 0 saturated heterocycles. The molecule has 0 radical (unpaired) electrons. The highest BCUT2D eigenvalue weighted by molar-refractivity contribution is 7.89. The summed E-state index contributed by atoms with van der Waals surface area (Å²) in [5.74, 6) is -0.815. The molecule has 4 rings (SSSR count). The van der Waals surface area contributed by atoms with E-state index in [-0.39, 0.29) is 28.5 Å². The highest BCUT2D eigenvalue weighted by atomic mass is 32.2. The van der Waals surface area contributed by atoms with E-state index in [1.54, 1.807) is 43.9 Å². The number of hydrogen-bond acceptors (Lipinski definition) is 9. The number of halogens is 3. The molecule has 2 aromatic heterocycles. The standard InChI is InChI=1S/C28H31F3N4O6S2/c1-15(28(29,30)31)35-43(38,39)20-12-11-18(16-9-7-8-10-17(16)20)22-19(13-27(4,5)40-6)32-24(42-22)23-34-33-21(41-23)14-26(2,3)25(36)37/h7-12,15,35H,13-14H2,1-6H3,(H,36,37). The topological polar surface area (TPSA) is 145 Å². The molecule has 0 saturated carbocycles. The van der Waals surface area contributed by atoms with E-state index in [0.717, 1.165) is 6.92 Å². The fourth-order valence-corrected chi connectivity index (χ4v) is 6.66. The van der Waals surface area contributed by atoms with Gasteiger partial charge in [-0.2, -0.15) is 17.9 Å². The van der Waals surface area contributed by atoms with E-state index in [9.17, 15) is 31.5 Å². The summed E-state index contributed by atoms with van der Waals surface area (Å²) in [4.78, 5) is 16.6. The van der Waals surface area contributed by atoms with Gasteiger partial charge in [-0.25, -0.2) is 13.4 Å². The monoisotopic (exact) mass is 640 g/mol. The fourth-order valence-electron chi connectivity index (χ4n) is 4.18. The quantitative estimate of drug-likeness (QED) is 0.206. The lowest BCUT2D eigenvalue weighted by atomic mass is 9.90. The summed E-state index contributed by atoms with van der Waals surface area (Å²) in [6.07, 6.45) is -4.43. The number of thiazole rings is 1. The van der Waals surface area contributed by atoms with Crippen molar-refractivity contribution >= 4 is 38.1 Å². The minimum Gasteiger partial charge on any atom is -0.481 e. The Morgan fingerprint density at radius 2 is 1.72 bits per heavy atom. The average molecular weight is 641 g/mol. The Balaban J connectivity index is 1.84. The molecule has 2 aromatic carbocycles. The summed E-state index contributed by atoms with van der Waals surface area (Å²) >= 11 is 1.20. The minimum atomic E-state index is -4.76. The van der Waals surface area contributed by atoms with Gasteiger partial charge in [0.05, 0.1) is 26.5 Å². The molecular formula is C28H31F3N4O6S2. The Labute approximate surface area is 250 Å². The smallest absolute Gasteiger partial charge is 0.404 e. The summed E-state index contributed by atoms with van der Waals surface area (Å²) < 4.78 is 78.8. The second-order valence-electron chi connectivity index (χ2n) is 11.3. The number of rotatable bonds is 11. The first-order chi connectivity index (χ1) is 19.8. The Bertz CT molecular complexity index is 1760. The van der Waals surface area contributed by atoms with Crippen molar-refractivity contribution < 1.29 is 40.6 Å². The van der Waals surface area contributed by atoms with Gasteiger partial charge in [0.1, 0.15) is 6.04 Å². The number of ether oxygens (including phenoxy) is 1. The van der Waals surface area contributed by atoms with Crippen molar-refractivity contribution in [1.82, 2.24) is 19.9 Å². The summed E-state index contributed by atoms with van der Waals surface area (Å²) in [5, 5.41) is 18.6. The molecule has 4 aromatic rings. The predicted molar refractivity (Wildman–Crippen MR) is 154 cm³/mol. The van der Waals surface area contributed by atoms with Gasteiger partial charge in [-0.05, 0) is 46.1 Å². The lowest BCUT2D eigenvalue weighted by Crippen LogP contribution is -2.43. The molecule has 1 unspecified atom stereocenters. The number of nitrogens with zero attached hydrogens (tertiary/aromatic N) is 3. The van der Waals surface area contributed by atoms with E-state index in [0.29, 0.717) is 32.9 Å². The number of sulfonamides is 1. The van der Waals surface area contributed by atoms with Crippen LogP contribution in [0.15, 0.2) is 45.7 Å². The lowest BCUT2D eigenvalue weighted by molar-refractivity contribution is -0.147. The number of carboxylic acid groups (broad SMARTS) is 1. The van der Waals surface area contributed by atoms with Gasteiger partial charge in [0, 0.05) is 30.9 Å². The zero-order chi connectivity index (χ0) is 32.0. The first kappa shape index (κ1) is 32.5. The van der Waals surface area contributed by atoms with Gasteiger partial charge in [0.2, 0.25) is 15.9 Å². The van der Waals surface area contributed by atoms with Gasteiger partial charge < -0.3 is 14.3 Å². The Kier molecular flexibility index (Phi) is 8.77. The summed E-state index contributed by atoms with van der Waals surface area (Å²) in [6.45, 7) is 7.56. The number of nitrogens with one attached hydrogen (secondary N) is 1. The molecule has 0 spiro atoms. The third kappa shape index (κ3) is 7.06. The van der Waals surface area contributed by atoms with Gasteiger partial charge in [-0.15, -0.1) is 21.5 Å². The van der Waals surface area contributed by atoms with Crippen molar-refractivity contribution in [3.63, 3.8) is 0 Å². The number of methoxy groups -OCH3 is 1. The zero-order valence-corrected chi connectivity index (χ0v) is 25.9. The molecule has 2 heterocycles. The Morgan fingerprint density at radius 3 is 2.33 bits per heavy atom. The van der Waals surface area contributed by atoms with Gasteiger partial charge in [0.15, 0.2) is 5.01 Å². The first-order valence-electron chi connectivity index (χ1n) is 13.1. The fraction of sp³-hybridized carbons (Fsp3) is 0.429. The van der Waals surface area contributed by atoms with E-state index in [1.165, 1.54) is 29.5 Å². The molecule has 15 heteroatoms. The van der Waals surface area contributed by atoms with Gasteiger partial charge in [0.25, 0.3) is 5.89 Å². The van der Waals surface area contributed by atoms with Gasteiger partial charge >= 0.3 is 12.1 Å². The van der Waals surface area contributed by atoms with Crippen LogP contribution < -0.4 is 4.72 Å². The van der Waals surface area contributed by atoms with E-state index in [4.69, 9.17) is 14.1 Å². The number of carboxylic acids is 1. The number of aliphatic carboxylic acids is 1. The minimum absolute atomic E-state index is 0.00130. The number of hydrogen-bond donors (Lipinski definition) is 2. The predicted octanol–water partition coefficient (Wildman–Crippen LogP) is 5.86. The summed E-state index contributed by atoms with van der Waals surface area (Å²) in [6, 6.07) is 7.02. The van der Waals surface area contributed by atoms with Crippen LogP contribution in [0.25, 0.3) is 32.1 Å². The molecule has 2 N–H and O–H groups in total. The van der Waals surface area contributed by atoms with Gasteiger partial charge in [-0.3, -0.25) is 4.79 Å². The van der Waals surface area contributed by atoms with Crippen LogP contribution in [0.3, 0.4) is 0 Å². The van der Waals surface area contributed by atoms with E-state index in [1.807, 2.05) is 13.8 Å². The van der Waals surface area contributed by atoms with Crippen molar-refractivity contribution in [2.45, 2.75) is 70.2 Å². The maximum atomic E-state index is 13.2. The summed E-state index contributed by atoms with van der Waals surface area (Å²) in [7, 11) is -2.98. The van der Waals surface area contributed by atoms with Crippen molar-refractivity contribution in [3.8, 4) is 21.3 Å². The molecule has 0 aliphatic rings. The molecule has 0 aliphatic heterocycles. The highest BCUT2D eigenvalue weighted by Crippen LogP contribution is 2.41. The lowest BCUT2D eigenvalue weighted by Gasteiger charge is -2.22. The molecule has 0 bridgehead atoms. The molecule has 10 nitrogen and oxygen atoms in total. The highest BCUT2D eigenvalue weighted by Gasteiger charge is 2.39. The maximum absolute atomic E-state index is 13.2. The maximum Gasteiger partial charge on any atom is 0.404 e. The average Bonchev–Trinajstić information content (AvgIpc) is 3.53. The molecule has 0 amide bonds. The van der Waals surface area contributed by atoms with E-state index < -0.39 is 39.2 Å². The van der Waals surface area contributed by atoms with E-state index in [2.05, 4.69) is 10.2 Å². The third-order valence-corrected chi connectivity index (χ3v) is 9.62. The largest absolute Gasteiger partial charge is 0.481 e. The molecule has 0 fully saturated rings. The van der Waals surface area contributed by atoms with Crippen molar-refractivity contribution in [2.75, 3.05) is 7.11 Å². The molecule has 232 valence electrons. The van der Waals surface area contributed by atoms with Crippen LogP contribution >= 0.6 is 11.3 Å². The molecule has 0 aliphatic carbocycles. The SMILES string of the molecule is COC(C)(C)Cc1nc(-c2nnc(CC(C)(C)C(=O)O)o2)sc1-c1ccc(S(=O)(=O)NC(C)C(F)(F)F)c2ccccc12. The summed E-state index contributed by atoms with van der Waals surface area (Å²) in [5.41, 5.74) is -0.612. The zero-order valence-electron chi connectivity index (χ0n) is 24.2. The van der Waals surface area contributed by atoms with Crippen LogP contribution in [-0.4, -0.2) is 59.6 Å². The second kappa shape index (κ2) is 11.6. The van der Waals surface area contributed by atoms with Crippen LogP contribution in [0, 0.1) is 5.41 Å². The number of aromatic nitrogens is 3. The normalized spacial score (nSPS) is 13.9. The molecule has 43 heavy (non-hydrogen) atoms. The van der Waals surface area contributed by atoms with Gasteiger partial charge in [-0.1, -0.05) is 30.3 Å². The Morgan fingerprint density at radius 1 is 1.07 bits per heavy atom. The van der Waals surface area contributed by atoms with Crippen LogP contribution in [0.2, 0.25) is 0 Å². The van der Waals surface area contributed by atoms with Crippen molar-refractivity contribution in [3.05, 3.63) is 48.0 Å². The number of carbonyl (C=O) groups is 1. The second-order valence-corrected chi connectivity index (χ2v) is 14.0. The van der Waals surface area contributed by atoms with Crippen molar-refractivity contribution in [1.29, 1.82) is 0 Å². The number of alkyl halides is 3. The van der Waals surface area contributed by atoms with Crippen LogP contribution in [-0.2, 0) is 32.4 Å². The number of benzene rings is 2. The molecular weight excluding hydrogens is 609 g/mol. The van der Waals surface area contributed by atoms with Crippen LogP contribution in [0.1, 0.15) is 46.2 Å².